The first-order valence-electron chi connectivity index (χ1n) is 3.58. The van der Waals surface area contributed by atoms with Crippen molar-refractivity contribution in [3.05, 3.63) is 35.1 Å². The Labute approximate surface area is 78.9 Å². The third kappa shape index (κ3) is 1.50. The third-order valence-electron chi connectivity index (χ3n) is 1.59. The van der Waals surface area contributed by atoms with Gasteiger partial charge in [0.15, 0.2) is 5.71 Å². The van der Waals surface area contributed by atoms with Gasteiger partial charge in [0, 0.05) is 17.8 Å². The molecule has 0 aliphatic carbocycles. The van der Waals surface area contributed by atoms with E-state index < -0.39 is 5.97 Å². The summed E-state index contributed by atoms with van der Waals surface area (Å²) in [6.45, 7) is 0. The summed E-state index contributed by atoms with van der Waals surface area (Å²) >= 11 is 1.48. The van der Waals surface area contributed by atoms with E-state index in [2.05, 4.69) is 4.99 Å². The highest BCUT2D eigenvalue weighted by Crippen LogP contribution is 2.23. The molecule has 0 fully saturated rings. The fourth-order valence-corrected chi connectivity index (χ4v) is 1.56. The van der Waals surface area contributed by atoms with Gasteiger partial charge in [-0.3, -0.25) is 0 Å². The molecule has 2 heterocycles. The molecule has 0 aromatic carbocycles. The Morgan fingerprint density at radius 1 is 1.54 bits per heavy atom. The minimum Gasteiger partial charge on any atom is -0.477 e. The molecule has 0 aromatic heterocycles. The van der Waals surface area contributed by atoms with Crippen LogP contribution in [0.15, 0.2) is 40.1 Å². The molecule has 0 unspecified atom stereocenters. The number of hydrogen-bond acceptors (Lipinski definition) is 4. The van der Waals surface area contributed by atoms with E-state index in [0.717, 1.165) is 0 Å². The van der Waals surface area contributed by atoms with E-state index in [9.17, 15) is 4.79 Å². The van der Waals surface area contributed by atoms with Crippen molar-refractivity contribution >= 4 is 23.4 Å². The molecule has 1 N–H and O–H groups in total. The minimum atomic E-state index is -1.00. The lowest BCUT2D eigenvalue weighted by molar-refractivity contribution is -0.129. The number of carbonyl (C=O) groups is 1. The van der Waals surface area contributed by atoms with E-state index in [1.165, 1.54) is 17.8 Å². The molecule has 4 nitrogen and oxygen atoms in total. The lowest BCUT2D eigenvalue weighted by atomic mass is 10.3. The topological polar surface area (TPSA) is 52.9 Å². The molecule has 0 bridgehead atoms. The van der Waals surface area contributed by atoms with Crippen LogP contribution in [0.5, 0.6) is 0 Å². The normalized spacial score (nSPS) is 19.2. The summed E-state index contributed by atoms with van der Waals surface area (Å²) in [5.74, 6) is -0.358. The van der Waals surface area contributed by atoms with Crippen LogP contribution in [0, 0.1) is 0 Å². The van der Waals surface area contributed by atoms with Crippen LogP contribution >= 0.6 is 11.8 Å². The summed E-state index contributed by atoms with van der Waals surface area (Å²) in [5, 5.41) is 12.4. The molecule has 2 rings (SSSR count). The van der Waals surface area contributed by atoms with Gasteiger partial charge in [0.05, 0.1) is 0 Å². The first kappa shape index (κ1) is 8.12. The summed E-state index contributed by atoms with van der Waals surface area (Å²) in [7, 11) is 0. The molecule has 0 saturated carbocycles. The largest absolute Gasteiger partial charge is 0.477 e. The lowest BCUT2D eigenvalue weighted by Crippen LogP contribution is -2.20. The summed E-state index contributed by atoms with van der Waals surface area (Å²) in [5.41, 5.74) is 0.0680. The van der Waals surface area contributed by atoms with E-state index in [1.54, 1.807) is 16.5 Å². The second-order valence-corrected chi connectivity index (χ2v) is 3.20. The van der Waals surface area contributed by atoms with Gasteiger partial charge in [-0.25, -0.2) is 9.79 Å². The summed E-state index contributed by atoms with van der Waals surface area (Å²) in [6.07, 6.45) is 4.98. The van der Waals surface area contributed by atoms with E-state index in [-0.39, 0.29) is 5.71 Å². The molecule has 0 amide bonds. The van der Waals surface area contributed by atoms with Crippen molar-refractivity contribution in [3.63, 3.8) is 0 Å². The van der Waals surface area contributed by atoms with Gasteiger partial charge in [0.25, 0.3) is 0 Å². The van der Waals surface area contributed by atoms with Gasteiger partial charge < -0.3 is 10.0 Å². The molecule has 13 heavy (non-hydrogen) atoms. The molecule has 2 aliphatic rings. The van der Waals surface area contributed by atoms with Gasteiger partial charge in [0.2, 0.25) is 0 Å². The van der Waals surface area contributed by atoms with Crippen LogP contribution in [0.4, 0.5) is 0 Å². The number of rotatable bonds is 1. The van der Waals surface area contributed by atoms with Gasteiger partial charge >= 0.3 is 5.97 Å². The lowest BCUT2D eigenvalue weighted by Gasteiger charge is -2.21. The first-order valence-corrected chi connectivity index (χ1v) is 4.52. The van der Waals surface area contributed by atoms with Gasteiger partial charge in [-0.2, -0.15) is 0 Å². The van der Waals surface area contributed by atoms with Gasteiger partial charge in [-0.15, -0.1) is 11.8 Å². The van der Waals surface area contributed by atoms with Crippen LogP contribution in [0.2, 0.25) is 0 Å². The maximum atomic E-state index is 10.6. The Hall–Kier alpha value is -1.49. The first-order chi connectivity index (χ1) is 6.27. The monoisotopic (exact) mass is 194 g/mol. The molecular weight excluding hydrogens is 188 g/mol. The molecule has 0 aromatic rings. The number of carboxylic acid groups (broad SMARTS) is 1. The van der Waals surface area contributed by atoms with Crippen molar-refractivity contribution in [3.8, 4) is 0 Å². The fourth-order valence-electron chi connectivity index (χ4n) is 0.979. The molecule has 0 atom stereocenters. The predicted molar refractivity (Wildman–Crippen MR) is 50.9 cm³/mol. The fraction of sp³-hybridized carbons (Fsp3) is 0. The SMILES string of the molecule is O=C(O)C1=NC2=CSC=CN2C=C1. The Morgan fingerprint density at radius 2 is 2.38 bits per heavy atom. The van der Waals surface area contributed by atoms with E-state index >= 15 is 0 Å². The summed E-state index contributed by atoms with van der Waals surface area (Å²) < 4.78 is 0. The standard InChI is InChI=1S/C8H6N2O2S/c11-8(12)6-1-2-10-3-4-13-5-7(10)9-6/h1-5H,(H,11,12). The molecular formula is C8H6N2O2S. The van der Waals surface area contributed by atoms with Crippen LogP contribution in [-0.2, 0) is 4.79 Å². The maximum Gasteiger partial charge on any atom is 0.354 e. The summed E-state index contributed by atoms with van der Waals surface area (Å²) in [6, 6.07) is 0. The molecule has 0 spiro atoms. The second-order valence-electron chi connectivity index (χ2n) is 2.42. The number of fused-ring (bicyclic) bond motifs is 1. The van der Waals surface area contributed by atoms with Crippen molar-refractivity contribution in [1.82, 2.24) is 4.90 Å². The summed E-state index contributed by atoms with van der Waals surface area (Å²) in [4.78, 5) is 16.3. The Kier molecular flexibility index (Phi) is 1.94. The van der Waals surface area contributed by atoms with Crippen LogP contribution in [-0.4, -0.2) is 21.7 Å². The number of hydrogen-bond donors (Lipinski definition) is 1. The Morgan fingerprint density at radius 3 is 3.15 bits per heavy atom. The maximum absolute atomic E-state index is 10.6. The molecule has 66 valence electrons. The highest BCUT2D eigenvalue weighted by Gasteiger charge is 2.15. The van der Waals surface area contributed by atoms with Crippen molar-refractivity contribution < 1.29 is 9.90 Å². The van der Waals surface area contributed by atoms with Crippen LogP contribution in [0.1, 0.15) is 0 Å². The average molecular weight is 194 g/mol. The number of thioether (sulfide) groups is 1. The Balaban J connectivity index is 2.32. The van der Waals surface area contributed by atoms with Crippen LogP contribution < -0.4 is 0 Å². The zero-order valence-corrected chi connectivity index (χ0v) is 7.36. The van der Waals surface area contributed by atoms with Crippen molar-refractivity contribution in [1.29, 1.82) is 0 Å². The van der Waals surface area contributed by atoms with Crippen molar-refractivity contribution in [2.24, 2.45) is 4.99 Å². The molecule has 0 saturated heterocycles. The van der Waals surface area contributed by atoms with Crippen molar-refractivity contribution in [2.75, 3.05) is 0 Å². The Bertz CT molecular complexity index is 368. The average Bonchev–Trinajstić information content (AvgIpc) is 2.17. The third-order valence-corrected chi connectivity index (χ3v) is 2.21. The van der Waals surface area contributed by atoms with Gasteiger partial charge in [0.1, 0.15) is 5.82 Å². The second kappa shape index (κ2) is 3.10. The van der Waals surface area contributed by atoms with Crippen LogP contribution in [0.3, 0.4) is 0 Å². The predicted octanol–water partition coefficient (Wildman–Crippen LogP) is 1.36. The van der Waals surface area contributed by atoms with Crippen molar-refractivity contribution in [2.45, 2.75) is 0 Å². The van der Waals surface area contributed by atoms with Gasteiger partial charge in [-0.1, -0.05) is 0 Å². The van der Waals surface area contributed by atoms with E-state index in [1.807, 2.05) is 11.6 Å². The zero-order valence-electron chi connectivity index (χ0n) is 6.54. The highest BCUT2D eigenvalue weighted by atomic mass is 32.2. The number of aliphatic imine (C=N–C) groups is 1. The number of nitrogens with zero attached hydrogens (tertiary/aromatic N) is 2. The van der Waals surface area contributed by atoms with Gasteiger partial charge in [-0.05, 0) is 11.5 Å². The number of aliphatic carboxylic acids is 1. The molecule has 2 aliphatic heterocycles. The zero-order chi connectivity index (χ0) is 9.26. The quantitative estimate of drug-likeness (QED) is 0.684. The molecule has 5 heteroatoms. The smallest absolute Gasteiger partial charge is 0.354 e. The number of carboxylic acids is 1. The molecule has 0 radical (unpaired) electrons. The minimum absolute atomic E-state index is 0.0680. The van der Waals surface area contributed by atoms with Crippen LogP contribution in [0.25, 0.3) is 0 Å². The highest BCUT2D eigenvalue weighted by molar-refractivity contribution is 8.04. The van der Waals surface area contributed by atoms with E-state index in [0.29, 0.717) is 5.82 Å². The van der Waals surface area contributed by atoms with E-state index in [4.69, 9.17) is 5.11 Å².